The molecule has 2 heterocycles. The number of nitrogens with zero attached hydrogens (tertiary/aromatic N) is 2. The Labute approximate surface area is 104 Å². The van der Waals surface area contributed by atoms with Gasteiger partial charge in [-0.25, -0.2) is 9.78 Å². The molecule has 2 rings (SSSR count). The summed E-state index contributed by atoms with van der Waals surface area (Å²) in [6.45, 7) is 1.21. The van der Waals surface area contributed by atoms with E-state index in [4.69, 9.17) is 9.52 Å². The van der Waals surface area contributed by atoms with E-state index >= 15 is 0 Å². The van der Waals surface area contributed by atoms with E-state index in [1.165, 1.54) is 6.26 Å². The van der Waals surface area contributed by atoms with Crippen LogP contribution in [0.4, 0.5) is 0 Å². The topological polar surface area (TPSA) is 80.3 Å². The van der Waals surface area contributed by atoms with E-state index in [9.17, 15) is 4.79 Å². The first-order chi connectivity index (χ1) is 8.68. The fraction of sp³-hybridized carbons (Fsp3) is 0.333. The summed E-state index contributed by atoms with van der Waals surface area (Å²) < 4.78 is 6.85. The molecule has 0 fully saturated rings. The zero-order valence-electron chi connectivity index (χ0n) is 10.1. The standard InChI is InChI=1S/C12H15N3O3/c1-15-6-5-14-10(15)2-4-13-8-9-3-7-18-11(9)12(16)17/h3,5-7,13H,2,4,8H2,1H3,(H,16,17). The summed E-state index contributed by atoms with van der Waals surface area (Å²) in [4.78, 5) is 15.0. The molecule has 2 aromatic rings. The molecular weight excluding hydrogens is 234 g/mol. The Balaban J connectivity index is 1.80. The maximum Gasteiger partial charge on any atom is 0.372 e. The van der Waals surface area contributed by atoms with E-state index in [-0.39, 0.29) is 5.76 Å². The van der Waals surface area contributed by atoms with Crippen molar-refractivity contribution in [3.8, 4) is 0 Å². The number of carbonyl (C=O) groups is 1. The highest BCUT2D eigenvalue weighted by atomic mass is 16.4. The van der Waals surface area contributed by atoms with Crippen LogP contribution in [-0.4, -0.2) is 27.2 Å². The number of hydrogen-bond donors (Lipinski definition) is 2. The number of furan rings is 1. The average Bonchev–Trinajstić information content (AvgIpc) is 2.94. The predicted octanol–water partition coefficient (Wildman–Crippen LogP) is 1.04. The number of aryl methyl sites for hydroxylation is 1. The third-order valence-electron chi connectivity index (χ3n) is 2.70. The van der Waals surface area contributed by atoms with Gasteiger partial charge in [-0.3, -0.25) is 0 Å². The Hall–Kier alpha value is -2.08. The lowest BCUT2D eigenvalue weighted by molar-refractivity contribution is 0.0660. The van der Waals surface area contributed by atoms with Crippen molar-refractivity contribution in [2.75, 3.05) is 6.54 Å². The molecule has 0 unspecified atom stereocenters. The molecule has 6 nitrogen and oxygen atoms in total. The fourth-order valence-electron chi connectivity index (χ4n) is 1.72. The monoisotopic (exact) mass is 249 g/mol. The van der Waals surface area contributed by atoms with Gasteiger partial charge in [-0.15, -0.1) is 0 Å². The van der Waals surface area contributed by atoms with E-state index in [0.29, 0.717) is 12.1 Å². The molecule has 0 spiro atoms. The maximum atomic E-state index is 10.8. The molecule has 2 aromatic heterocycles. The van der Waals surface area contributed by atoms with Crippen LogP contribution in [0.15, 0.2) is 29.1 Å². The van der Waals surface area contributed by atoms with Crippen molar-refractivity contribution in [3.05, 3.63) is 41.9 Å². The second-order valence-corrected chi connectivity index (χ2v) is 3.96. The van der Waals surface area contributed by atoms with Gasteiger partial charge in [0.1, 0.15) is 5.82 Å². The number of carboxylic acids is 1. The Kier molecular flexibility index (Phi) is 3.78. The first-order valence-electron chi connectivity index (χ1n) is 5.65. The Morgan fingerprint density at radius 1 is 1.61 bits per heavy atom. The SMILES string of the molecule is Cn1ccnc1CCNCc1ccoc1C(=O)O. The highest BCUT2D eigenvalue weighted by molar-refractivity contribution is 5.86. The van der Waals surface area contributed by atoms with Crippen LogP contribution >= 0.6 is 0 Å². The van der Waals surface area contributed by atoms with Crippen LogP contribution in [0.2, 0.25) is 0 Å². The van der Waals surface area contributed by atoms with Crippen molar-refractivity contribution < 1.29 is 14.3 Å². The van der Waals surface area contributed by atoms with Gasteiger partial charge in [0.25, 0.3) is 0 Å². The number of hydrogen-bond acceptors (Lipinski definition) is 4. The van der Waals surface area contributed by atoms with Crippen molar-refractivity contribution in [1.82, 2.24) is 14.9 Å². The number of aromatic carboxylic acids is 1. The molecule has 96 valence electrons. The smallest absolute Gasteiger partial charge is 0.372 e. The molecular formula is C12H15N3O3. The molecule has 0 amide bonds. The molecule has 0 aliphatic carbocycles. The summed E-state index contributed by atoms with van der Waals surface area (Å²) in [6.07, 6.45) is 5.84. The first kappa shape index (κ1) is 12.4. The minimum Gasteiger partial charge on any atom is -0.475 e. The normalized spacial score (nSPS) is 10.7. The Morgan fingerprint density at radius 3 is 3.11 bits per heavy atom. The summed E-state index contributed by atoms with van der Waals surface area (Å²) in [5, 5.41) is 12.0. The lowest BCUT2D eigenvalue weighted by Crippen LogP contribution is -2.19. The van der Waals surface area contributed by atoms with Gasteiger partial charge in [0, 0.05) is 44.5 Å². The molecule has 6 heteroatoms. The predicted molar refractivity (Wildman–Crippen MR) is 64.3 cm³/mol. The number of aromatic nitrogens is 2. The molecule has 0 bridgehead atoms. The minimum atomic E-state index is -1.04. The molecule has 2 N–H and O–H groups in total. The largest absolute Gasteiger partial charge is 0.475 e. The van der Waals surface area contributed by atoms with Crippen LogP contribution < -0.4 is 5.32 Å². The van der Waals surface area contributed by atoms with Gasteiger partial charge in [-0.2, -0.15) is 0 Å². The summed E-state index contributed by atoms with van der Waals surface area (Å²) in [7, 11) is 1.95. The van der Waals surface area contributed by atoms with E-state index in [2.05, 4.69) is 10.3 Å². The maximum absolute atomic E-state index is 10.8. The van der Waals surface area contributed by atoms with Crippen molar-refractivity contribution in [2.24, 2.45) is 7.05 Å². The van der Waals surface area contributed by atoms with Gasteiger partial charge in [-0.1, -0.05) is 0 Å². The van der Waals surface area contributed by atoms with Crippen molar-refractivity contribution >= 4 is 5.97 Å². The third kappa shape index (κ3) is 2.78. The van der Waals surface area contributed by atoms with E-state index in [1.807, 2.05) is 17.8 Å². The molecule has 0 saturated heterocycles. The zero-order valence-corrected chi connectivity index (χ0v) is 10.1. The minimum absolute atomic E-state index is 0.000471. The summed E-state index contributed by atoms with van der Waals surface area (Å²) in [5.41, 5.74) is 0.655. The Bertz CT molecular complexity index is 530. The number of nitrogens with one attached hydrogen (secondary N) is 1. The van der Waals surface area contributed by atoms with Crippen molar-refractivity contribution in [2.45, 2.75) is 13.0 Å². The molecule has 0 aliphatic rings. The van der Waals surface area contributed by atoms with Crippen molar-refractivity contribution in [1.29, 1.82) is 0 Å². The van der Waals surface area contributed by atoms with Gasteiger partial charge < -0.3 is 19.4 Å². The quantitative estimate of drug-likeness (QED) is 0.748. The zero-order chi connectivity index (χ0) is 13.0. The van der Waals surface area contributed by atoms with Crippen LogP contribution in [0.25, 0.3) is 0 Å². The van der Waals surface area contributed by atoms with Crippen LogP contribution in [0.1, 0.15) is 21.9 Å². The molecule has 0 atom stereocenters. The number of rotatable bonds is 6. The van der Waals surface area contributed by atoms with Gasteiger partial charge >= 0.3 is 5.97 Å². The average molecular weight is 249 g/mol. The summed E-state index contributed by atoms with van der Waals surface area (Å²) in [5.74, 6) is -0.0476. The van der Waals surface area contributed by atoms with E-state index < -0.39 is 5.97 Å². The second kappa shape index (κ2) is 5.50. The van der Waals surface area contributed by atoms with Crippen LogP contribution in [0.5, 0.6) is 0 Å². The van der Waals surface area contributed by atoms with Gasteiger partial charge in [0.2, 0.25) is 5.76 Å². The molecule has 18 heavy (non-hydrogen) atoms. The molecule has 0 aromatic carbocycles. The lowest BCUT2D eigenvalue weighted by Gasteiger charge is -2.04. The molecule has 0 saturated carbocycles. The van der Waals surface area contributed by atoms with Gasteiger partial charge in [0.15, 0.2) is 0 Å². The van der Waals surface area contributed by atoms with Gasteiger partial charge in [-0.05, 0) is 6.07 Å². The highest BCUT2D eigenvalue weighted by Gasteiger charge is 2.12. The lowest BCUT2D eigenvalue weighted by atomic mass is 10.2. The molecule has 0 radical (unpaired) electrons. The van der Waals surface area contributed by atoms with Crippen LogP contribution in [-0.2, 0) is 20.0 Å². The van der Waals surface area contributed by atoms with Crippen LogP contribution in [0.3, 0.4) is 0 Å². The van der Waals surface area contributed by atoms with E-state index in [0.717, 1.165) is 18.8 Å². The Morgan fingerprint density at radius 2 is 2.44 bits per heavy atom. The second-order valence-electron chi connectivity index (χ2n) is 3.96. The molecule has 0 aliphatic heterocycles. The number of imidazole rings is 1. The third-order valence-corrected chi connectivity index (χ3v) is 2.70. The van der Waals surface area contributed by atoms with Crippen molar-refractivity contribution in [3.63, 3.8) is 0 Å². The highest BCUT2D eigenvalue weighted by Crippen LogP contribution is 2.09. The van der Waals surface area contributed by atoms with Gasteiger partial charge in [0.05, 0.1) is 6.26 Å². The summed E-state index contributed by atoms with van der Waals surface area (Å²) >= 11 is 0. The van der Waals surface area contributed by atoms with Crippen LogP contribution in [0, 0.1) is 0 Å². The summed E-state index contributed by atoms with van der Waals surface area (Å²) in [6, 6.07) is 1.66. The number of carboxylic acid groups (broad SMARTS) is 1. The van der Waals surface area contributed by atoms with E-state index in [1.54, 1.807) is 12.3 Å². The fourth-order valence-corrected chi connectivity index (χ4v) is 1.72. The first-order valence-corrected chi connectivity index (χ1v) is 5.65.